The number of hydrogen-bond donors (Lipinski definition) is 1. The average Bonchev–Trinajstić information content (AvgIpc) is 3.06. The first-order chi connectivity index (χ1) is 15.2. The summed E-state index contributed by atoms with van der Waals surface area (Å²) in [5, 5.41) is -0.333. The molecule has 2 heterocycles. The molecule has 0 saturated heterocycles. The van der Waals surface area contributed by atoms with Crippen molar-refractivity contribution in [2.45, 2.75) is 20.0 Å². The number of esters is 1. The number of para-hydroxylation sites is 1. The van der Waals surface area contributed by atoms with Crippen LogP contribution in [0.2, 0.25) is 0 Å². The number of ether oxygens (including phenoxy) is 1. The summed E-state index contributed by atoms with van der Waals surface area (Å²) in [6.07, 6.45) is -4.72. The number of aromatic nitrogens is 2. The highest BCUT2D eigenvalue weighted by Crippen LogP contribution is 2.42. The van der Waals surface area contributed by atoms with Crippen molar-refractivity contribution in [3.05, 3.63) is 77.5 Å². The van der Waals surface area contributed by atoms with E-state index in [-0.39, 0.29) is 34.7 Å². The van der Waals surface area contributed by atoms with E-state index in [2.05, 4.69) is 4.98 Å². The van der Waals surface area contributed by atoms with Gasteiger partial charge in [0.05, 0.1) is 28.9 Å². The van der Waals surface area contributed by atoms with Gasteiger partial charge in [-0.05, 0) is 32.0 Å². The topological polar surface area (TPSA) is 70.1 Å². The summed E-state index contributed by atoms with van der Waals surface area (Å²) in [6, 6.07) is 16.5. The first-order valence-corrected chi connectivity index (χ1v) is 9.94. The molecule has 0 fully saturated rings. The number of rotatable bonds is 4. The van der Waals surface area contributed by atoms with Gasteiger partial charge in [0.15, 0.2) is 5.69 Å². The standard InChI is InChI=1S/C24H20F3N3O2/c1-3-32-23(31)21-20(28)19-17(24(25,26)27)13-18(15-11-9-14(2)10-12-15)29-22(19)30(21)16-7-5-4-6-8-16/h4-13H,3,28H2,1-2H3. The molecule has 0 aliphatic heterocycles. The van der Waals surface area contributed by atoms with Gasteiger partial charge in [0.25, 0.3) is 0 Å². The molecule has 0 spiro atoms. The van der Waals surface area contributed by atoms with Crippen LogP contribution in [-0.4, -0.2) is 22.1 Å². The molecule has 32 heavy (non-hydrogen) atoms. The molecule has 2 N–H and O–H groups in total. The normalized spacial score (nSPS) is 11.7. The molecule has 164 valence electrons. The maximum atomic E-state index is 14.1. The Labute approximate surface area is 182 Å². The number of carbonyl (C=O) groups excluding carboxylic acids is 1. The molecule has 0 radical (unpaired) electrons. The summed E-state index contributed by atoms with van der Waals surface area (Å²) in [5.41, 5.74) is 6.66. The van der Waals surface area contributed by atoms with E-state index in [4.69, 9.17) is 10.5 Å². The third-order valence-corrected chi connectivity index (χ3v) is 5.10. The Kier molecular flexibility index (Phi) is 5.38. The van der Waals surface area contributed by atoms with Crippen LogP contribution in [0.4, 0.5) is 18.9 Å². The van der Waals surface area contributed by atoms with Crippen LogP contribution in [0.25, 0.3) is 28.0 Å². The summed E-state index contributed by atoms with van der Waals surface area (Å²) in [6.45, 7) is 3.54. The molecule has 0 amide bonds. The molecule has 0 aliphatic carbocycles. The molecule has 0 unspecified atom stereocenters. The molecular weight excluding hydrogens is 419 g/mol. The Morgan fingerprint density at radius 1 is 1.09 bits per heavy atom. The summed E-state index contributed by atoms with van der Waals surface area (Å²) in [7, 11) is 0. The van der Waals surface area contributed by atoms with Crippen LogP contribution >= 0.6 is 0 Å². The second-order valence-corrected chi connectivity index (χ2v) is 7.27. The Balaban J connectivity index is 2.15. The number of nitrogens with zero attached hydrogens (tertiary/aromatic N) is 2. The Hall–Kier alpha value is -3.81. The molecule has 2 aromatic heterocycles. The third kappa shape index (κ3) is 3.68. The lowest BCUT2D eigenvalue weighted by Gasteiger charge is -2.13. The van der Waals surface area contributed by atoms with Crippen molar-refractivity contribution in [1.82, 2.24) is 9.55 Å². The summed E-state index contributed by atoms with van der Waals surface area (Å²) >= 11 is 0. The average molecular weight is 439 g/mol. The fourth-order valence-electron chi connectivity index (χ4n) is 3.63. The van der Waals surface area contributed by atoms with Crippen LogP contribution in [0.5, 0.6) is 0 Å². The highest BCUT2D eigenvalue weighted by molar-refractivity contribution is 6.08. The van der Waals surface area contributed by atoms with Crippen molar-refractivity contribution in [2.24, 2.45) is 0 Å². The van der Waals surface area contributed by atoms with Crippen LogP contribution in [-0.2, 0) is 10.9 Å². The highest BCUT2D eigenvalue weighted by atomic mass is 19.4. The molecule has 4 aromatic rings. The van der Waals surface area contributed by atoms with Crippen LogP contribution in [0.1, 0.15) is 28.5 Å². The number of hydrogen-bond acceptors (Lipinski definition) is 4. The summed E-state index contributed by atoms with van der Waals surface area (Å²) in [5.74, 6) is -0.822. The zero-order valence-corrected chi connectivity index (χ0v) is 17.4. The summed E-state index contributed by atoms with van der Waals surface area (Å²) in [4.78, 5) is 17.3. The van der Waals surface area contributed by atoms with Gasteiger partial charge in [0.2, 0.25) is 0 Å². The van der Waals surface area contributed by atoms with Crippen LogP contribution in [0.15, 0.2) is 60.7 Å². The molecular formula is C24H20F3N3O2. The van der Waals surface area contributed by atoms with E-state index >= 15 is 0 Å². The number of aryl methyl sites for hydroxylation is 1. The minimum atomic E-state index is -4.72. The minimum absolute atomic E-state index is 0.0444. The lowest BCUT2D eigenvalue weighted by Crippen LogP contribution is -2.13. The number of alkyl halides is 3. The number of nitrogens with two attached hydrogens (primary N) is 1. The fraction of sp³-hybridized carbons (Fsp3) is 0.167. The SMILES string of the molecule is CCOC(=O)c1c(N)c2c(C(F)(F)F)cc(-c3ccc(C)cc3)nc2n1-c1ccccc1. The van der Waals surface area contributed by atoms with E-state index in [0.717, 1.165) is 11.6 Å². The van der Waals surface area contributed by atoms with Gasteiger partial charge in [-0.2, -0.15) is 13.2 Å². The van der Waals surface area contributed by atoms with Gasteiger partial charge < -0.3 is 10.5 Å². The molecule has 2 aromatic carbocycles. The quantitative estimate of drug-likeness (QED) is 0.409. The lowest BCUT2D eigenvalue weighted by molar-refractivity contribution is -0.136. The van der Waals surface area contributed by atoms with Gasteiger partial charge >= 0.3 is 12.1 Å². The molecule has 0 bridgehead atoms. The number of benzene rings is 2. The molecule has 8 heteroatoms. The number of fused-ring (bicyclic) bond motifs is 1. The van der Waals surface area contributed by atoms with E-state index in [1.165, 1.54) is 4.57 Å². The van der Waals surface area contributed by atoms with E-state index < -0.39 is 17.7 Å². The second kappa shape index (κ2) is 8.03. The predicted octanol–water partition coefficient (Wildman–Crippen LogP) is 5.78. The van der Waals surface area contributed by atoms with Crippen LogP contribution in [0, 0.1) is 6.92 Å². The smallest absolute Gasteiger partial charge is 0.417 e. The number of pyridine rings is 1. The van der Waals surface area contributed by atoms with Gasteiger partial charge in [0.1, 0.15) is 5.65 Å². The van der Waals surface area contributed by atoms with Crippen molar-refractivity contribution < 1.29 is 22.7 Å². The van der Waals surface area contributed by atoms with Crippen molar-refractivity contribution in [3.8, 4) is 16.9 Å². The number of carbonyl (C=O) groups is 1. The van der Waals surface area contributed by atoms with Crippen molar-refractivity contribution >= 4 is 22.7 Å². The van der Waals surface area contributed by atoms with E-state index in [1.54, 1.807) is 61.5 Å². The number of nitrogen functional groups attached to an aromatic ring is 1. The molecule has 4 rings (SSSR count). The second-order valence-electron chi connectivity index (χ2n) is 7.27. The van der Waals surface area contributed by atoms with Gasteiger partial charge in [-0.1, -0.05) is 48.0 Å². The van der Waals surface area contributed by atoms with E-state index in [1.807, 2.05) is 6.92 Å². The maximum Gasteiger partial charge on any atom is 0.417 e. The number of halogens is 3. The van der Waals surface area contributed by atoms with E-state index in [0.29, 0.717) is 11.3 Å². The lowest BCUT2D eigenvalue weighted by atomic mass is 10.0. The fourth-order valence-corrected chi connectivity index (χ4v) is 3.63. The Bertz CT molecular complexity index is 1290. The van der Waals surface area contributed by atoms with Gasteiger partial charge in [-0.3, -0.25) is 4.57 Å². The predicted molar refractivity (Wildman–Crippen MR) is 117 cm³/mol. The van der Waals surface area contributed by atoms with Crippen LogP contribution < -0.4 is 5.73 Å². The van der Waals surface area contributed by atoms with Gasteiger partial charge in [0, 0.05) is 11.3 Å². The first-order valence-electron chi connectivity index (χ1n) is 9.94. The molecule has 5 nitrogen and oxygen atoms in total. The number of anilines is 1. The monoisotopic (exact) mass is 439 g/mol. The van der Waals surface area contributed by atoms with Crippen molar-refractivity contribution in [3.63, 3.8) is 0 Å². The van der Waals surface area contributed by atoms with Crippen LogP contribution in [0.3, 0.4) is 0 Å². The first kappa shape index (κ1) is 21.4. The zero-order chi connectivity index (χ0) is 23.0. The van der Waals surface area contributed by atoms with Crippen molar-refractivity contribution in [1.29, 1.82) is 0 Å². The largest absolute Gasteiger partial charge is 0.461 e. The summed E-state index contributed by atoms with van der Waals surface area (Å²) < 4.78 is 48.9. The minimum Gasteiger partial charge on any atom is -0.461 e. The molecule has 0 saturated carbocycles. The Morgan fingerprint density at radius 2 is 1.75 bits per heavy atom. The van der Waals surface area contributed by atoms with Gasteiger partial charge in [-0.15, -0.1) is 0 Å². The third-order valence-electron chi connectivity index (χ3n) is 5.10. The molecule has 0 atom stereocenters. The van der Waals surface area contributed by atoms with E-state index in [9.17, 15) is 18.0 Å². The maximum absolute atomic E-state index is 14.1. The highest BCUT2D eigenvalue weighted by Gasteiger charge is 2.38. The Morgan fingerprint density at radius 3 is 2.34 bits per heavy atom. The van der Waals surface area contributed by atoms with Gasteiger partial charge in [-0.25, -0.2) is 9.78 Å². The zero-order valence-electron chi connectivity index (χ0n) is 17.4. The molecule has 0 aliphatic rings. The van der Waals surface area contributed by atoms with Crippen molar-refractivity contribution in [2.75, 3.05) is 12.3 Å².